The Hall–Kier alpha value is -1.76. The van der Waals surface area contributed by atoms with Gasteiger partial charge in [-0.3, -0.25) is 9.98 Å². The third-order valence-electron chi connectivity index (χ3n) is 4.21. The fraction of sp³-hybridized carbons (Fsp3) is 0.429. The van der Waals surface area contributed by atoms with Crippen molar-refractivity contribution >= 4 is 40.0 Å². The van der Waals surface area contributed by atoms with E-state index >= 15 is 0 Å². The van der Waals surface area contributed by atoms with Crippen LogP contribution in [0.5, 0.6) is 0 Å². The van der Waals surface area contributed by atoms with E-state index in [2.05, 4.69) is 37.5 Å². The Bertz CT molecular complexity index is 867. The van der Waals surface area contributed by atoms with Crippen LogP contribution < -0.4 is 15.4 Å². The number of halogens is 1. The van der Waals surface area contributed by atoms with E-state index in [9.17, 15) is 8.42 Å². The van der Waals surface area contributed by atoms with Crippen LogP contribution in [0.15, 0.2) is 64.7 Å². The van der Waals surface area contributed by atoms with Gasteiger partial charge in [0, 0.05) is 45.2 Å². The van der Waals surface area contributed by atoms with Crippen molar-refractivity contribution in [3.05, 3.63) is 60.4 Å². The lowest BCUT2D eigenvalue weighted by Gasteiger charge is -2.14. The molecule has 31 heavy (non-hydrogen) atoms. The van der Waals surface area contributed by atoms with Crippen LogP contribution in [0.2, 0.25) is 0 Å². The van der Waals surface area contributed by atoms with Gasteiger partial charge in [-0.1, -0.05) is 30.3 Å². The van der Waals surface area contributed by atoms with Crippen molar-refractivity contribution in [2.75, 3.05) is 32.8 Å². The van der Waals surface area contributed by atoms with Gasteiger partial charge in [0.2, 0.25) is 10.0 Å². The average molecular weight is 561 g/mol. The highest BCUT2D eigenvalue weighted by molar-refractivity contribution is 14.0. The molecular weight excluding hydrogens is 529 g/mol. The van der Waals surface area contributed by atoms with E-state index in [1.54, 1.807) is 6.07 Å². The molecule has 0 radical (unpaired) electrons. The molecule has 1 atom stereocenters. The summed E-state index contributed by atoms with van der Waals surface area (Å²) in [4.78, 5) is 8.49. The fourth-order valence-corrected chi connectivity index (χ4v) is 3.63. The molecular formula is C21H32IN5O3S. The van der Waals surface area contributed by atoms with E-state index < -0.39 is 10.0 Å². The molecule has 0 saturated heterocycles. The molecule has 0 aliphatic carbocycles. The summed E-state index contributed by atoms with van der Waals surface area (Å²) in [6.07, 6.45) is 3.70. The molecule has 0 aliphatic heterocycles. The van der Waals surface area contributed by atoms with Gasteiger partial charge < -0.3 is 15.4 Å². The van der Waals surface area contributed by atoms with Gasteiger partial charge >= 0.3 is 0 Å². The summed E-state index contributed by atoms with van der Waals surface area (Å²) < 4.78 is 32.7. The van der Waals surface area contributed by atoms with Gasteiger partial charge in [0.05, 0.1) is 6.10 Å². The number of sulfonamides is 1. The molecule has 172 valence electrons. The predicted octanol–water partition coefficient (Wildman–Crippen LogP) is 2.70. The normalized spacial score (nSPS) is 12.6. The van der Waals surface area contributed by atoms with Crippen LogP contribution in [0.4, 0.5) is 0 Å². The molecule has 3 N–H and O–H groups in total. The Kier molecular flexibility index (Phi) is 13.3. The maximum absolute atomic E-state index is 12.2. The molecule has 10 heteroatoms. The van der Waals surface area contributed by atoms with Crippen molar-refractivity contribution < 1.29 is 13.2 Å². The number of nitrogens with one attached hydrogen (secondary N) is 3. The van der Waals surface area contributed by atoms with Gasteiger partial charge in [0.1, 0.15) is 4.90 Å². The first kappa shape index (κ1) is 27.3. The number of guanidine groups is 1. The summed E-state index contributed by atoms with van der Waals surface area (Å²) in [6, 6.07) is 13.2. The molecule has 1 heterocycles. The summed E-state index contributed by atoms with van der Waals surface area (Å²) >= 11 is 0. The second-order valence-electron chi connectivity index (χ2n) is 6.55. The quantitative estimate of drug-likeness (QED) is 0.159. The first-order chi connectivity index (χ1) is 14.5. The molecule has 0 bridgehead atoms. The van der Waals surface area contributed by atoms with Crippen molar-refractivity contribution in [3.63, 3.8) is 0 Å². The Morgan fingerprint density at radius 1 is 1.13 bits per heavy atom. The first-order valence-electron chi connectivity index (χ1n) is 10.1. The molecule has 1 unspecified atom stereocenters. The standard InChI is InChI=1S/C21H31N5O3S.HI/c1-3-23-21(24-13-8-16-29-18(2)19-9-5-4-6-10-19)25-14-15-26-30(27,28)20-11-7-12-22-17-20;/h4-7,9-12,17-18,26H,3,8,13-16H2,1-2H3,(H2,23,24,25);1H. The van der Waals surface area contributed by atoms with E-state index in [1.165, 1.54) is 18.5 Å². The van der Waals surface area contributed by atoms with Gasteiger partial charge in [0.25, 0.3) is 0 Å². The molecule has 8 nitrogen and oxygen atoms in total. The smallest absolute Gasteiger partial charge is 0.242 e. The molecule has 2 rings (SSSR count). The Morgan fingerprint density at radius 3 is 2.58 bits per heavy atom. The average Bonchev–Trinajstić information content (AvgIpc) is 2.77. The zero-order valence-corrected chi connectivity index (χ0v) is 21.1. The molecule has 0 aliphatic rings. The summed E-state index contributed by atoms with van der Waals surface area (Å²) in [7, 11) is -3.56. The molecule has 1 aromatic heterocycles. The summed E-state index contributed by atoms with van der Waals surface area (Å²) in [5.74, 6) is 0.647. The number of nitrogens with zero attached hydrogens (tertiary/aromatic N) is 2. The lowest BCUT2D eigenvalue weighted by Crippen LogP contribution is -2.41. The van der Waals surface area contributed by atoms with Gasteiger partial charge in [0.15, 0.2) is 5.96 Å². The van der Waals surface area contributed by atoms with Crippen LogP contribution in [-0.2, 0) is 14.8 Å². The second kappa shape index (κ2) is 15.1. The fourth-order valence-electron chi connectivity index (χ4n) is 2.63. The Morgan fingerprint density at radius 2 is 1.90 bits per heavy atom. The van der Waals surface area contributed by atoms with E-state index in [1.807, 2.05) is 32.0 Å². The van der Waals surface area contributed by atoms with Crippen LogP contribution in [0, 0.1) is 0 Å². The van der Waals surface area contributed by atoms with Crippen molar-refractivity contribution in [1.29, 1.82) is 0 Å². The van der Waals surface area contributed by atoms with Crippen LogP contribution >= 0.6 is 24.0 Å². The Labute approximate surface area is 202 Å². The number of pyridine rings is 1. The number of hydrogen-bond acceptors (Lipinski definition) is 5. The number of ether oxygens (including phenoxy) is 1. The number of benzene rings is 1. The van der Waals surface area contributed by atoms with Gasteiger partial charge in [-0.05, 0) is 38.0 Å². The van der Waals surface area contributed by atoms with Gasteiger partial charge in [-0.25, -0.2) is 13.1 Å². The first-order valence-corrected chi connectivity index (χ1v) is 11.6. The van der Waals surface area contributed by atoms with Crippen molar-refractivity contribution in [2.45, 2.75) is 31.3 Å². The summed E-state index contributed by atoms with van der Waals surface area (Å²) in [5.41, 5.74) is 1.16. The highest BCUT2D eigenvalue weighted by Gasteiger charge is 2.12. The number of aromatic nitrogens is 1. The molecule has 0 amide bonds. The van der Waals surface area contributed by atoms with Crippen LogP contribution in [0.25, 0.3) is 0 Å². The van der Waals surface area contributed by atoms with E-state index in [0.717, 1.165) is 18.5 Å². The highest BCUT2D eigenvalue weighted by atomic mass is 127. The summed E-state index contributed by atoms with van der Waals surface area (Å²) in [6.45, 7) is 6.60. The van der Waals surface area contributed by atoms with Crippen molar-refractivity contribution in [3.8, 4) is 0 Å². The maximum atomic E-state index is 12.2. The van der Waals surface area contributed by atoms with Crippen LogP contribution in [0.1, 0.15) is 31.9 Å². The lowest BCUT2D eigenvalue weighted by atomic mass is 10.1. The monoisotopic (exact) mass is 561 g/mol. The largest absolute Gasteiger partial charge is 0.374 e. The number of hydrogen-bond donors (Lipinski definition) is 3. The van der Waals surface area contributed by atoms with Crippen molar-refractivity contribution in [2.24, 2.45) is 4.99 Å². The SMILES string of the molecule is CCNC(=NCCCOC(C)c1ccccc1)NCCNS(=O)(=O)c1cccnc1.I. The van der Waals surface area contributed by atoms with Crippen LogP contribution in [-0.4, -0.2) is 52.1 Å². The zero-order valence-electron chi connectivity index (χ0n) is 18.0. The minimum absolute atomic E-state index is 0. The number of aliphatic imine (C=N–C) groups is 1. The minimum atomic E-state index is -3.56. The second-order valence-corrected chi connectivity index (χ2v) is 8.32. The van der Waals surface area contributed by atoms with Gasteiger partial charge in [-0.2, -0.15) is 0 Å². The van der Waals surface area contributed by atoms with E-state index in [4.69, 9.17) is 4.74 Å². The number of rotatable bonds is 12. The van der Waals surface area contributed by atoms with Crippen LogP contribution in [0.3, 0.4) is 0 Å². The lowest BCUT2D eigenvalue weighted by molar-refractivity contribution is 0.0652. The highest BCUT2D eigenvalue weighted by Crippen LogP contribution is 2.15. The van der Waals surface area contributed by atoms with Crippen molar-refractivity contribution in [1.82, 2.24) is 20.3 Å². The maximum Gasteiger partial charge on any atom is 0.242 e. The molecule has 0 saturated carbocycles. The third-order valence-corrected chi connectivity index (χ3v) is 5.65. The van der Waals surface area contributed by atoms with E-state index in [0.29, 0.717) is 25.7 Å². The molecule has 1 aromatic carbocycles. The zero-order chi connectivity index (χ0) is 21.7. The van der Waals surface area contributed by atoms with E-state index in [-0.39, 0.29) is 41.5 Å². The summed E-state index contributed by atoms with van der Waals surface area (Å²) in [5, 5.41) is 6.27. The Balaban J connectivity index is 0.00000480. The molecule has 0 fully saturated rings. The minimum Gasteiger partial charge on any atom is -0.374 e. The molecule has 2 aromatic rings. The van der Waals surface area contributed by atoms with Gasteiger partial charge in [-0.15, -0.1) is 24.0 Å². The predicted molar refractivity (Wildman–Crippen MR) is 134 cm³/mol. The topological polar surface area (TPSA) is 105 Å². The third kappa shape index (κ3) is 10.4. The molecule has 0 spiro atoms.